The summed E-state index contributed by atoms with van der Waals surface area (Å²) in [7, 11) is -3.67. The lowest BCUT2D eigenvalue weighted by atomic mass is 10.2. The lowest BCUT2D eigenvalue weighted by Gasteiger charge is -2.11. The topological polar surface area (TPSA) is 98.5 Å². The van der Waals surface area contributed by atoms with Gasteiger partial charge in [-0.2, -0.15) is 0 Å². The third-order valence-electron chi connectivity index (χ3n) is 3.06. The van der Waals surface area contributed by atoms with Gasteiger partial charge in [0.25, 0.3) is 5.69 Å². The molecule has 0 aliphatic carbocycles. The zero-order chi connectivity index (χ0) is 16.9. The first-order valence-electron chi connectivity index (χ1n) is 6.81. The molecule has 0 aliphatic rings. The molecule has 0 amide bonds. The lowest BCUT2D eigenvalue weighted by molar-refractivity contribution is -0.384. The van der Waals surface area contributed by atoms with E-state index in [4.69, 9.17) is 4.74 Å². The monoisotopic (exact) mass is 336 g/mol. The van der Waals surface area contributed by atoms with Gasteiger partial charge < -0.3 is 4.74 Å². The lowest BCUT2D eigenvalue weighted by Crippen LogP contribution is -2.21. The second kappa shape index (κ2) is 7.10. The van der Waals surface area contributed by atoms with E-state index in [-0.39, 0.29) is 23.7 Å². The van der Waals surface area contributed by atoms with Crippen LogP contribution in [0.15, 0.2) is 48.5 Å². The van der Waals surface area contributed by atoms with Crippen LogP contribution < -0.4 is 9.46 Å². The molecule has 0 aliphatic heterocycles. The number of non-ortho nitro benzene ring substituents is 1. The fourth-order valence-corrected chi connectivity index (χ4v) is 2.80. The molecule has 0 aromatic heterocycles. The van der Waals surface area contributed by atoms with Gasteiger partial charge in [-0.15, -0.1) is 0 Å². The van der Waals surface area contributed by atoms with Gasteiger partial charge in [-0.25, -0.2) is 8.42 Å². The highest BCUT2D eigenvalue weighted by Gasteiger charge is 2.15. The molecule has 8 heteroatoms. The minimum absolute atomic E-state index is 0.0205. The molecule has 0 radical (unpaired) electrons. The molecule has 2 aromatic carbocycles. The number of anilines is 1. The Morgan fingerprint density at radius 3 is 2.52 bits per heavy atom. The van der Waals surface area contributed by atoms with Crippen LogP contribution in [0.1, 0.15) is 5.56 Å². The minimum Gasteiger partial charge on any atom is -0.492 e. The van der Waals surface area contributed by atoms with Crippen LogP contribution in [-0.4, -0.2) is 25.7 Å². The Morgan fingerprint density at radius 2 is 1.87 bits per heavy atom. The predicted molar refractivity (Wildman–Crippen MR) is 87.2 cm³/mol. The van der Waals surface area contributed by atoms with E-state index in [0.29, 0.717) is 11.3 Å². The van der Waals surface area contributed by atoms with Gasteiger partial charge in [0.15, 0.2) is 0 Å². The maximum atomic E-state index is 12.1. The average molecular weight is 336 g/mol. The number of nitro groups is 1. The highest BCUT2D eigenvalue weighted by molar-refractivity contribution is 7.92. The number of nitrogens with one attached hydrogen (secondary N) is 1. The number of nitro benzene ring substituents is 1. The van der Waals surface area contributed by atoms with E-state index in [1.165, 1.54) is 18.2 Å². The molecule has 1 N–H and O–H groups in total. The van der Waals surface area contributed by atoms with Crippen molar-refractivity contribution in [2.45, 2.75) is 6.92 Å². The molecule has 0 unspecified atom stereocenters. The summed E-state index contributed by atoms with van der Waals surface area (Å²) in [5.41, 5.74) is 0.621. The van der Waals surface area contributed by atoms with E-state index < -0.39 is 14.9 Å². The number of hydrogen-bond donors (Lipinski definition) is 1. The molecule has 0 heterocycles. The molecule has 0 atom stereocenters. The van der Waals surface area contributed by atoms with Crippen molar-refractivity contribution in [2.24, 2.45) is 0 Å². The number of rotatable bonds is 7. The predicted octanol–water partition coefficient (Wildman–Crippen LogP) is 2.72. The second-order valence-electron chi connectivity index (χ2n) is 4.84. The van der Waals surface area contributed by atoms with E-state index in [1.54, 1.807) is 31.2 Å². The summed E-state index contributed by atoms with van der Waals surface area (Å²) >= 11 is 0. The van der Waals surface area contributed by atoms with Gasteiger partial charge in [0.05, 0.1) is 10.6 Å². The Bertz CT molecular complexity index is 791. The maximum absolute atomic E-state index is 12.1. The van der Waals surface area contributed by atoms with Gasteiger partial charge in [-0.1, -0.05) is 24.3 Å². The molecule has 23 heavy (non-hydrogen) atoms. The van der Waals surface area contributed by atoms with Gasteiger partial charge in [0.1, 0.15) is 18.1 Å². The van der Waals surface area contributed by atoms with Crippen molar-refractivity contribution in [3.05, 3.63) is 64.2 Å². The molecule has 0 spiro atoms. The fraction of sp³-hybridized carbons (Fsp3) is 0.200. The fourth-order valence-electron chi connectivity index (χ4n) is 1.84. The third-order valence-corrected chi connectivity index (χ3v) is 4.30. The Hall–Kier alpha value is -2.61. The highest BCUT2D eigenvalue weighted by Crippen LogP contribution is 2.22. The zero-order valence-electron chi connectivity index (χ0n) is 12.4. The van der Waals surface area contributed by atoms with Gasteiger partial charge in [0.2, 0.25) is 10.0 Å². The largest absolute Gasteiger partial charge is 0.492 e. The molecule has 2 aromatic rings. The molecule has 7 nitrogen and oxygen atoms in total. The second-order valence-corrected chi connectivity index (χ2v) is 6.68. The molecule has 0 saturated carbocycles. The van der Waals surface area contributed by atoms with Crippen molar-refractivity contribution in [2.75, 3.05) is 17.1 Å². The minimum atomic E-state index is -3.67. The molecular weight excluding hydrogens is 320 g/mol. The first-order chi connectivity index (χ1) is 10.9. The summed E-state index contributed by atoms with van der Waals surface area (Å²) in [5.74, 6) is 0.318. The number of ether oxygens (including phenoxy) is 1. The number of sulfonamides is 1. The van der Waals surface area contributed by atoms with Crippen LogP contribution in [-0.2, 0) is 10.0 Å². The average Bonchev–Trinajstić information content (AvgIpc) is 2.50. The van der Waals surface area contributed by atoms with Crippen LogP contribution in [0.25, 0.3) is 0 Å². The quantitative estimate of drug-likeness (QED) is 0.619. The highest BCUT2D eigenvalue weighted by atomic mass is 32.2. The van der Waals surface area contributed by atoms with Crippen LogP contribution >= 0.6 is 0 Å². The summed E-state index contributed by atoms with van der Waals surface area (Å²) in [6, 6.07) is 12.9. The summed E-state index contributed by atoms with van der Waals surface area (Å²) in [6.45, 7) is 1.65. The first kappa shape index (κ1) is 16.8. The SMILES string of the molecule is Cc1ccc([N+](=O)[O-])cc1NS(=O)(=O)CCOc1ccccc1. The van der Waals surface area contributed by atoms with E-state index >= 15 is 0 Å². The van der Waals surface area contributed by atoms with E-state index in [1.807, 2.05) is 6.07 Å². The first-order valence-corrected chi connectivity index (χ1v) is 8.46. The Labute approximate surface area is 134 Å². The van der Waals surface area contributed by atoms with Crippen molar-refractivity contribution in [3.63, 3.8) is 0 Å². The summed E-state index contributed by atoms with van der Waals surface area (Å²) in [5, 5.41) is 10.8. The van der Waals surface area contributed by atoms with Crippen LogP contribution in [0.3, 0.4) is 0 Å². The van der Waals surface area contributed by atoms with E-state index in [9.17, 15) is 18.5 Å². The van der Waals surface area contributed by atoms with Gasteiger partial charge in [-0.05, 0) is 24.6 Å². The maximum Gasteiger partial charge on any atom is 0.271 e. The number of nitrogens with zero attached hydrogens (tertiary/aromatic N) is 1. The molecular formula is C15H16N2O5S. The van der Waals surface area contributed by atoms with Crippen molar-refractivity contribution < 1.29 is 18.1 Å². The van der Waals surface area contributed by atoms with Gasteiger partial charge in [0, 0.05) is 12.1 Å². The molecule has 0 bridgehead atoms. The van der Waals surface area contributed by atoms with Crippen LogP contribution in [0.4, 0.5) is 11.4 Å². The number of para-hydroxylation sites is 1. The van der Waals surface area contributed by atoms with E-state index in [0.717, 1.165) is 0 Å². The van der Waals surface area contributed by atoms with Crippen LogP contribution in [0, 0.1) is 17.0 Å². The number of hydrogen-bond acceptors (Lipinski definition) is 5. The van der Waals surface area contributed by atoms with Crippen molar-refractivity contribution >= 4 is 21.4 Å². The molecule has 0 saturated heterocycles. The summed E-state index contributed by atoms with van der Waals surface area (Å²) < 4.78 is 31.8. The van der Waals surface area contributed by atoms with Crippen molar-refractivity contribution in [1.82, 2.24) is 0 Å². The van der Waals surface area contributed by atoms with E-state index in [2.05, 4.69) is 4.72 Å². The number of benzene rings is 2. The molecule has 122 valence electrons. The number of aryl methyl sites for hydroxylation is 1. The summed E-state index contributed by atoms with van der Waals surface area (Å²) in [6.07, 6.45) is 0. The standard InChI is InChI=1S/C15H16N2O5S/c1-12-7-8-13(17(18)19)11-15(12)16-23(20,21)10-9-22-14-5-3-2-4-6-14/h2-8,11,16H,9-10H2,1H3. The Morgan fingerprint density at radius 1 is 1.17 bits per heavy atom. The van der Waals surface area contributed by atoms with Gasteiger partial charge >= 0.3 is 0 Å². The third kappa shape index (κ3) is 4.96. The van der Waals surface area contributed by atoms with Crippen molar-refractivity contribution in [1.29, 1.82) is 0 Å². The Balaban J connectivity index is 2.01. The normalized spacial score (nSPS) is 11.0. The van der Waals surface area contributed by atoms with Crippen LogP contribution in [0.2, 0.25) is 0 Å². The molecule has 2 rings (SSSR count). The zero-order valence-corrected chi connectivity index (χ0v) is 13.2. The Kier molecular flexibility index (Phi) is 5.17. The van der Waals surface area contributed by atoms with Crippen LogP contribution in [0.5, 0.6) is 5.75 Å². The van der Waals surface area contributed by atoms with Gasteiger partial charge in [-0.3, -0.25) is 14.8 Å². The smallest absolute Gasteiger partial charge is 0.271 e. The van der Waals surface area contributed by atoms with Crippen molar-refractivity contribution in [3.8, 4) is 5.75 Å². The summed E-state index contributed by atoms with van der Waals surface area (Å²) in [4.78, 5) is 10.2. The molecule has 0 fully saturated rings.